The minimum atomic E-state index is -4.42. The quantitative estimate of drug-likeness (QED) is 0.414. The molecule has 0 saturated carbocycles. The average Bonchev–Trinajstić information content (AvgIpc) is 2.79. The molecule has 0 bridgehead atoms. The van der Waals surface area contributed by atoms with Gasteiger partial charge in [0.15, 0.2) is 0 Å². The number of halogens is 4. The fraction of sp³-hybridized carbons (Fsp3) is 0.240. The number of carbonyl (C=O) groups is 1. The van der Waals surface area contributed by atoms with Gasteiger partial charge in [0.2, 0.25) is 0 Å². The minimum Gasteiger partial charge on any atom is -0.390 e. The number of hydrogen-bond donors (Lipinski definition) is 3. The highest BCUT2D eigenvalue weighted by Gasteiger charge is 2.30. The number of nitrogens with one attached hydrogen (secondary N) is 2. The number of hydrogen-bond acceptors (Lipinski definition) is 3. The third kappa shape index (κ3) is 7.60. The van der Waals surface area contributed by atoms with E-state index in [2.05, 4.69) is 10.6 Å². The molecule has 2 atom stereocenters. The third-order valence-corrected chi connectivity index (χ3v) is 5.34. The summed E-state index contributed by atoms with van der Waals surface area (Å²) in [5, 5.41) is 17.0. The highest BCUT2D eigenvalue weighted by Crippen LogP contribution is 2.29. The van der Waals surface area contributed by atoms with Gasteiger partial charge in [-0.15, -0.1) is 0 Å². The second-order valence-electron chi connectivity index (χ2n) is 7.68. The Bertz CT molecular complexity index is 1060. The first kappa shape index (κ1) is 24.8. The maximum absolute atomic E-state index is 12.9. The van der Waals surface area contributed by atoms with Crippen LogP contribution >= 0.6 is 11.6 Å². The minimum absolute atomic E-state index is 0.0730. The van der Waals surface area contributed by atoms with Gasteiger partial charge in [0.1, 0.15) is 0 Å². The molecule has 0 aliphatic heterocycles. The van der Waals surface area contributed by atoms with Crippen LogP contribution in [0, 0.1) is 0 Å². The van der Waals surface area contributed by atoms with Crippen molar-refractivity contribution in [2.24, 2.45) is 0 Å². The summed E-state index contributed by atoms with van der Waals surface area (Å²) in [4.78, 5) is 12.7. The summed E-state index contributed by atoms with van der Waals surface area (Å²) in [5.41, 5.74) is 1.01. The van der Waals surface area contributed by atoms with Crippen LogP contribution in [0.5, 0.6) is 0 Å². The Morgan fingerprint density at radius 2 is 1.64 bits per heavy atom. The van der Waals surface area contributed by atoms with Gasteiger partial charge in [-0.3, -0.25) is 4.79 Å². The van der Waals surface area contributed by atoms with Crippen molar-refractivity contribution in [1.29, 1.82) is 0 Å². The molecular weight excluding hydrogens is 453 g/mol. The molecule has 0 fully saturated rings. The predicted molar refractivity (Wildman–Crippen MR) is 122 cm³/mol. The summed E-state index contributed by atoms with van der Waals surface area (Å²) in [6.07, 6.45) is -5.03. The van der Waals surface area contributed by atoms with Gasteiger partial charge < -0.3 is 15.7 Å². The molecule has 0 aliphatic rings. The van der Waals surface area contributed by atoms with E-state index in [4.69, 9.17) is 11.6 Å². The van der Waals surface area contributed by atoms with Crippen LogP contribution in [0.25, 0.3) is 0 Å². The molecule has 0 aliphatic carbocycles. The van der Waals surface area contributed by atoms with E-state index in [9.17, 15) is 23.1 Å². The van der Waals surface area contributed by atoms with Gasteiger partial charge in [-0.2, -0.15) is 13.2 Å². The Labute approximate surface area is 195 Å². The summed E-state index contributed by atoms with van der Waals surface area (Å²) in [6.45, 7) is 0.213. The number of carbonyl (C=O) groups excluding carboxylic acids is 1. The van der Waals surface area contributed by atoms with Crippen LogP contribution in [0.2, 0.25) is 5.02 Å². The second kappa shape index (κ2) is 11.3. The number of alkyl halides is 3. The molecule has 0 unspecified atom stereocenters. The monoisotopic (exact) mass is 476 g/mol. The zero-order valence-electron chi connectivity index (χ0n) is 17.6. The van der Waals surface area contributed by atoms with Gasteiger partial charge in [-0.25, -0.2) is 0 Å². The van der Waals surface area contributed by atoms with Gasteiger partial charge in [0.05, 0.1) is 17.7 Å². The summed E-state index contributed by atoms with van der Waals surface area (Å²) >= 11 is 5.97. The highest BCUT2D eigenvalue weighted by molar-refractivity contribution is 6.30. The smallest absolute Gasteiger partial charge is 0.390 e. The van der Waals surface area contributed by atoms with Crippen LogP contribution < -0.4 is 10.6 Å². The predicted octanol–water partition coefficient (Wildman–Crippen LogP) is 4.85. The van der Waals surface area contributed by atoms with Gasteiger partial charge in [0.25, 0.3) is 5.91 Å². The van der Waals surface area contributed by atoms with Crippen molar-refractivity contribution in [3.05, 3.63) is 106 Å². The summed E-state index contributed by atoms with van der Waals surface area (Å²) in [5.74, 6) is -0.379. The molecule has 3 aromatic carbocycles. The molecule has 1 amide bonds. The molecule has 3 N–H and O–H groups in total. The van der Waals surface area contributed by atoms with Crippen molar-refractivity contribution in [2.45, 2.75) is 31.3 Å². The zero-order valence-corrected chi connectivity index (χ0v) is 18.4. The van der Waals surface area contributed by atoms with Crippen molar-refractivity contribution < 1.29 is 23.1 Å². The van der Waals surface area contributed by atoms with Gasteiger partial charge in [-0.05, 0) is 41.8 Å². The molecule has 4 nitrogen and oxygen atoms in total. The lowest BCUT2D eigenvalue weighted by Crippen LogP contribution is -2.48. The molecule has 33 heavy (non-hydrogen) atoms. The first-order chi connectivity index (χ1) is 15.7. The van der Waals surface area contributed by atoms with Gasteiger partial charge in [-0.1, -0.05) is 66.2 Å². The normalized spacial score (nSPS) is 13.4. The van der Waals surface area contributed by atoms with E-state index in [-0.39, 0.29) is 19.0 Å². The summed E-state index contributed by atoms with van der Waals surface area (Å²) < 4.78 is 38.7. The van der Waals surface area contributed by atoms with E-state index in [1.165, 1.54) is 12.1 Å². The fourth-order valence-electron chi connectivity index (χ4n) is 3.40. The molecule has 0 radical (unpaired) electrons. The molecule has 0 spiro atoms. The molecule has 3 rings (SSSR count). The fourth-order valence-corrected chi connectivity index (χ4v) is 3.59. The number of benzene rings is 3. The van der Waals surface area contributed by atoms with Crippen molar-refractivity contribution in [2.75, 3.05) is 6.54 Å². The van der Waals surface area contributed by atoms with Gasteiger partial charge >= 0.3 is 6.18 Å². The van der Waals surface area contributed by atoms with Crippen LogP contribution in [-0.4, -0.2) is 29.7 Å². The van der Waals surface area contributed by atoms with Crippen LogP contribution in [0.4, 0.5) is 13.2 Å². The third-order valence-electron chi connectivity index (χ3n) is 5.10. The van der Waals surface area contributed by atoms with Crippen molar-refractivity contribution >= 4 is 17.5 Å². The van der Waals surface area contributed by atoms with Crippen molar-refractivity contribution in [3.63, 3.8) is 0 Å². The van der Waals surface area contributed by atoms with E-state index < -0.39 is 23.9 Å². The van der Waals surface area contributed by atoms with E-state index in [1.807, 2.05) is 30.3 Å². The van der Waals surface area contributed by atoms with E-state index >= 15 is 0 Å². The average molecular weight is 477 g/mol. The zero-order chi connectivity index (χ0) is 23.8. The summed E-state index contributed by atoms with van der Waals surface area (Å²) in [6, 6.07) is 20.2. The largest absolute Gasteiger partial charge is 0.416 e. The topological polar surface area (TPSA) is 61.4 Å². The molecule has 174 valence electrons. The lowest BCUT2D eigenvalue weighted by molar-refractivity contribution is -0.137. The van der Waals surface area contributed by atoms with Crippen LogP contribution in [-0.2, 0) is 19.1 Å². The molecule has 3 aromatic rings. The van der Waals surface area contributed by atoms with Crippen LogP contribution in [0.15, 0.2) is 78.9 Å². The second-order valence-corrected chi connectivity index (χ2v) is 8.11. The first-order valence-corrected chi connectivity index (χ1v) is 10.8. The van der Waals surface area contributed by atoms with Crippen molar-refractivity contribution in [3.8, 4) is 0 Å². The molecular formula is C25H24ClF3N2O2. The first-order valence-electron chi connectivity index (χ1n) is 10.4. The Morgan fingerprint density at radius 3 is 2.33 bits per heavy atom. The lowest BCUT2D eigenvalue weighted by atomic mass is 10.0. The van der Waals surface area contributed by atoms with E-state index in [0.717, 1.165) is 17.7 Å². The maximum Gasteiger partial charge on any atom is 0.416 e. The number of aliphatic hydroxyl groups is 1. The van der Waals surface area contributed by atoms with Crippen molar-refractivity contribution in [1.82, 2.24) is 10.6 Å². The van der Waals surface area contributed by atoms with Crippen LogP contribution in [0.3, 0.4) is 0 Å². The standard InChI is InChI=1S/C25H24ClF3N2O2/c26-21-11-5-9-19(14-21)24(33)31-22(13-17-6-2-1-3-7-17)23(32)16-30-15-18-8-4-10-20(12-18)25(27,28)29/h1-12,14,22-23,30,32H,13,15-16H2,(H,31,33)/t22-,23-/m0/s1. The Morgan fingerprint density at radius 1 is 0.939 bits per heavy atom. The summed E-state index contributed by atoms with van der Waals surface area (Å²) in [7, 11) is 0. The number of amides is 1. The van der Waals surface area contributed by atoms with E-state index in [1.54, 1.807) is 24.3 Å². The Balaban J connectivity index is 1.66. The molecule has 0 aromatic heterocycles. The van der Waals surface area contributed by atoms with Gasteiger partial charge in [0, 0.05) is 23.7 Å². The maximum atomic E-state index is 12.9. The molecule has 8 heteroatoms. The lowest BCUT2D eigenvalue weighted by Gasteiger charge is -2.25. The van der Waals surface area contributed by atoms with Crippen LogP contribution in [0.1, 0.15) is 27.0 Å². The Kier molecular flexibility index (Phi) is 8.49. The molecule has 0 heterocycles. The number of rotatable bonds is 9. The SMILES string of the molecule is O=C(N[C@@H](Cc1ccccc1)[C@@H](O)CNCc1cccc(C(F)(F)F)c1)c1cccc(Cl)c1. The number of aliphatic hydroxyl groups excluding tert-OH is 1. The Hall–Kier alpha value is -2.87. The highest BCUT2D eigenvalue weighted by atomic mass is 35.5. The molecule has 0 saturated heterocycles. The van der Waals surface area contributed by atoms with E-state index in [0.29, 0.717) is 22.6 Å².